The second-order valence-corrected chi connectivity index (χ2v) is 5.28. The van der Waals surface area contributed by atoms with E-state index in [1.165, 1.54) is 5.56 Å². The van der Waals surface area contributed by atoms with Crippen LogP contribution in [0, 0.1) is 0 Å². The van der Waals surface area contributed by atoms with Crippen molar-refractivity contribution in [1.29, 1.82) is 0 Å². The summed E-state index contributed by atoms with van der Waals surface area (Å²) in [5.74, 6) is 0.586. The normalized spacial score (nSPS) is 11.3. The number of nitrogens with zero attached hydrogens (tertiary/aromatic N) is 2. The van der Waals surface area contributed by atoms with E-state index < -0.39 is 0 Å². The number of aromatic nitrogens is 2. The summed E-state index contributed by atoms with van der Waals surface area (Å²) < 4.78 is 5.75. The van der Waals surface area contributed by atoms with E-state index in [1.54, 1.807) is 11.3 Å². The average molecular weight is 273 g/mol. The lowest BCUT2D eigenvalue weighted by Crippen LogP contribution is -2.01. The minimum atomic E-state index is 0.586. The van der Waals surface area contributed by atoms with Crippen molar-refractivity contribution in [3.05, 3.63) is 34.2 Å². The minimum absolute atomic E-state index is 0.586. The molecule has 0 aliphatic heterocycles. The van der Waals surface area contributed by atoms with Gasteiger partial charge in [-0.05, 0) is 30.7 Å². The van der Waals surface area contributed by atoms with E-state index in [4.69, 9.17) is 10.2 Å². The zero-order chi connectivity index (χ0) is 13.2. The molecule has 2 N–H and O–H groups in total. The van der Waals surface area contributed by atoms with Crippen LogP contribution in [-0.4, -0.2) is 16.5 Å². The molecule has 5 heteroatoms. The number of hydrogen-bond acceptors (Lipinski definition) is 5. The second kappa shape index (κ2) is 5.11. The van der Waals surface area contributed by atoms with E-state index >= 15 is 0 Å². The van der Waals surface area contributed by atoms with Crippen molar-refractivity contribution in [3.63, 3.8) is 0 Å². The van der Waals surface area contributed by atoms with Crippen LogP contribution in [0.2, 0.25) is 0 Å². The maximum atomic E-state index is 5.75. The molecule has 98 valence electrons. The van der Waals surface area contributed by atoms with Gasteiger partial charge in [-0.3, -0.25) is 0 Å². The molecule has 1 aromatic carbocycles. The first kappa shape index (κ1) is 12.3. The topological polar surface area (TPSA) is 64.9 Å². The average Bonchev–Trinajstić information content (AvgIpc) is 3.03. The first-order valence-corrected chi connectivity index (χ1v) is 7.22. The van der Waals surface area contributed by atoms with Gasteiger partial charge in [0.1, 0.15) is 11.2 Å². The van der Waals surface area contributed by atoms with Crippen LogP contribution in [0.1, 0.15) is 17.5 Å². The van der Waals surface area contributed by atoms with Gasteiger partial charge < -0.3 is 10.2 Å². The number of thiazole rings is 1. The maximum Gasteiger partial charge on any atom is 0.247 e. The van der Waals surface area contributed by atoms with Crippen molar-refractivity contribution in [1.82, 2.24) is 9.97 Å². The van der Waals surface area contributed by atoms with Crippen LogP contribution in [0.4, 0.5) is 0 Å². The van der Waals surface area contributed by atoms with Crippen LogP contribution in [0.25, 0.3) is 22.7 Å². The first-order chi connectivity index (χ1) is 9.30. The van der Waals surface area contributed by atoms with Gasteiger partial charge in [-0.1, -0.05) is 13.0 Å². The Morgan fingerprint density at radius 2 is 2.21 bits per heavy atom. The van der Waals surface area contributed by atoms with Crippen LogP contribution in [0.3, 0.4) is 0 Å². The Labute approximate surface area is 115 Å². The molecule has 0 atom stereocenters. The lowest BCUT2D eigenvalue weighted by molar-refractivity contribution is 0.617. The highest BCUT2D eigenvalue weighted by Gasteiger charge is 2.12. The molecular formula is C14H15N3OS. The summed E-state index contributed by atoms with van der Waals surface area (Å²) in [7, 11) is 0. The predicted octanol–water partition coefficient (Wildman–Crippen LogP) is 3.01. The van der Waals surface area contributed by atoms with Crippen molar-refractivity contribution < 1.29 is 4.42 Å². The Morgan fingerprint density at radius 1 is 1.32 bits per heavy atom. The van der Waals surface area contributed by atoms with E-state index in [1.807, 2.05) is 11.4 Å². The van der Waals surface area contributed by atoms with Crippen molar-refractivity contribution in [2.24, 2.45) is 5.73 Å². The third kappa shape index (κ3) is 2.39. The second-order valence-electron chi connectivity index (χ2n) is 4.34. The van der Waals surface area contributed by atoms with Crippen molar-refractivity contribution in [2.75, 3.05) is 6.54 Å². The van der Waals surface area contributed by atoms with Crippen LogP contribution in [-0.2, 0) is 12.8 Å². The zero-order valence-electron chi connectivity index (χ0n) is 10.7. The number of hydrogen-bond donors (Lipinski definition) is 1. The minimum Gasteiger partial charge on any atom is -0.435 e. The van der Waals surface area contributed by atoms with Gasteiger partial charge in [-0.2, -0.15) is 0 Å². The molecule has 3 rings (SSSR count). The molecule has 2 heterocycles. The number of fused-ring (bicyclic) bond motifs is 1. The van der Waals surface area contributed by atoms with Crippen LogP contribution >= 0.6 is 11.3 Å². The summed E-state index contributed by atoms with van der Waals surface area (Å²) in [6.07, 6.45) is 1.79. The van der Waals surface area contributed by atoms with Crippen molar-refractivity contribution >= 4 is 22.4 Å². The quantitative estimate of drug-likeness (QED) is 0.793. The molecule has 0 fully saturated rings. The summed E-state index contributed by atoms with van der Waals surface area (Å²) in [6, 6.07) is 6.10. The van der Waals surface area contributed by atoms with Gasteiger partial charge in [0.05, 0.1) is 5.01 Å². The Kier molecular flexibility index (Phi) is 3.31. The molecule has 3 aromatic rings. The third-order valence-electron chi connectivity index (χ3n) is 2.99. The van der Waals surface area contributed by atoms with Gasteiger partial charge in [-0.25, -0.2) is 9.97 Å². The lowest BCUT2D eigenvalue weighted by Gasteiger charge is -1.92. The van der Waals surface area contributed by atoms with E-state index in [0.29, 0.717) is 12.4 Å². The molecule has 19 heavy (non-hydrogen) atoms. The third-order valence-corrected chi connectivity index (χ3v) is 3.90. The van der Waals surface area contributed by atoms with Gasteiger partial charge in [-0.15, -0.1) is 11.3 Å². The smallest absolute Gasteiger partial charge is 0.247 e. The van der Waals surface area contributed by atoms with Gasteiger partial charge in [0.2, 0.25) is 5.89 Å². The predicted molar refractivity (Wildman–Crippen MR) is 77.3 cm³/mol. The van der Waals surface area contributed by atoms with E-state index in [-0.39, 0.29) is 0 Å². The highest BCUT2D eigenvalue weighted by Crippen LogP contribution is 2.26. The fourth-order valence-electron chi connectivity index (χ4n) is 1.95. The number of rotatable bonds is 4. The molecule has 0 bridgehead atoms. The summed E-state index contributed by atoms with van der Waals surface area (Å²) in [6.45, 7) is 2.74. The lowest BCUT2D eigenvalue weighted by atomic mass is 10.1. The fourth-order valence-corrected chi connectivity index (χ4v) is 2.74. The van der Waals surface area contributed by atoms with Gasteiger partial charge in [0.15, 0.2) is 5.58 Å². The monoisotopic (exact) mass is 273 g/mol. The van der Waals surface area contributed by atoms with Crippen molar-refractivity contribution in [2.45, 2.75) is 19.8 Å². The molecule has 0 saturated heterocycles. The van der Waals surface area contributed by atoms with E-state index in [2.05, 4.69) is 29.0 Å². The van der Waals surface area contributed by atoms with Crippen molar-refractivity contribution in [3.8, 4) is 11.6 Å². The molecule has 0 saturated carbocycles. The highest BCUT2D eigenvalue weighted by molar-refractivity contribution is 7.09. The number of oxazole rings is 1. The van der Waals surface area contributed by atoms with Crippen LogP contribution in [0.5, 0.6) is 0 Å². The Morgan fingerprint density at radius 3 is 3.00 bits per heavy atom. The molecule has 0 unspecified atom stereocenters. The number of nitrogens with two attached hydrogens (primary N) is 1. The first-order valence-electron chi connectivity index (χ1n) is 6.34. The van der Waals surface area contributed by atoms with E-state index in [9.17, 15) is 0 Å². The standard InChI is InChI=1S/C14H15N3OS/c1-2-9-3-4-12-10(7-9)17-14(18-12)11-8-19-13(16-11)5-6-15/h3-4,7-8H,2,5-6,15H2,1H3. The van der Waals surface area contributed by atoms with Gasteiger partial charge in [0.25, 0.3) is 0 Å². The maximum absolute atomic E-state index is 5.75. The molecule has 4 nitrogen and oxygen atoms in total. The Bertz CT molecular complexity index is 702. The van der Waals surface area contributed by atoms with Gasteiger partial charge in [0, 0.05) is 11.8 Å². The molecule has 0 radical (unpaired) electrons. The number of aryl methyl sites for hydroxylation is 1. The molecule has 0 amide bonds. The summed E-state index contributed by atoms with van der Waals surface area (Å²) in [5, 5.41) is 2.99. The Hall–Kier alpha value is -1.72. The van der Waals surface area contributed by atoms with Crippen LogP contribution in [0.15, 0.2) is 28.0 Å². The van der Waals surface area contributed by atoms with E-state index in [0.717, 1.165) is 34.6 Å². The molecule has 0 spiro atoms. The summed E-state index contributed by atoms with van der Waals surface area (Å²) >= 11 is 1.60. The molecule has 0 aliphatic carbocycles. The molecular weight excluding hydrogens is 258 g/mol. The van der Waals surface area contributed by atoms with Crippen LogP contribution < -0.4 is 5.73 Å². The molecule has 2 aromatic heterocycles. The fraction of sp³-hybridized carbons (Fsp3) is 0.286. The van der Waals surface area contributed by atoms with Gasteiger partial charge >= 0.3 is 0 Å². The number of benzene rings is 1. The highest BCUT2D eigenvalue weighted by atomic mass is 32.1. The summed E-state index contributed by atoms with van der Waals surface area (Å²) in [4.78, 5) is 9.00. The largest absolute Gasteiger partial charge is 0.435 e. The molecule has 0 aliphatic rings. The SMILES string of the molecule is CCc1ccc2oc(-c3csc(CCN)n3)nc2c1. The Balaban J connectivity index is 1.99. The zero-order valence-corrected chi connectivity index (χ0v) is 11.5. The summed E-state index contributed by atoms with van der Waals surface area (Å²) in [5.41, 5.74) is 9.28.